The molecule has 0 aliphatic carbocycles. The number of rotatable bonds is 2. The fraction of sp³-hybridized carbons (Fsp3) is 0.556. The van der Waals surface area contributed by atoms with Crippen LogP contribution in [-0.4, -0.2) is 22.9 Å². The Kier molecular flexibility index (Phi) is 3.14. The third kappa shape index (κ3) is 4.12. The molecule has 0 radical (unpaired) electrons. The zero-order chi connectivity index (χ0) is 9.90. The maximum atomic E-state index is 11.3. The van der Waals surface area contributed by atoms with Crippen molar-refractivity contribution >= 4 is 22.4 Å². The smallest absolute Gasteiger partial charge is 0.315 e. The average Bonchev–Trinajstić information content (AvgIpc) is 2.34. The first-order valence-corrected chi connectivity index (χ1v) is 5.81. The molecule has 1 aliphatic heterocycles. The van der Waals surface area contributed by atoms with Gasteiger partial charge in [0.1, 0.15) is 5.60 Å². The minimum absolute atomic E-state index is 0.142. The van der Waals surface area contributed by atoms with E-state index < -0.39 is 10.9 Å². The summed E-state index contributed by atoms with van der Waals surface area (Å²) < 4.78 is 5.18. The molecular weight excluding hydrogens is 186 g/mol. The Hall–Kier alpha value is -0.770. The van der Waals surface area contributed by atoms with Gasteiger partial charge >= 0.3 is 5.97 Å². The lowest BCUT2D eigenvalue weighted by Gasteiger charge is -2.20. The summed E-state index contributed by atoms with van der Waals surface area (Å²) in [6.45, 7) is 5.62. The molecule has 0 amide bonds. The van der Waals surface area contributed by atoms with Crippen molar-refractivity contribution in [2.75, 3.05) is 5.75 Å². The summed E-state index contributed by atoms with van der Waals surface area (Å²) in [6, 6.07) is 0. The third-order valence-electron chi connectivity index (χ3n) is 1.29. The van der Waals surface area contributed by atoms with E-state index >= 15 is 0 Å². The van der Waals surface area contributed by atoms with Crippen LogP contribution in [0.5, 0.6) is 0 Å². The fourth-order valence-electron chi connectivity index (χ4n) is 0.903. The van der Waals surface area contributed by atoms with Crippen molar-refractivity contribution in [3.63, 3.8) is 0 Å². The zero-order valence-corrected chi connectivity index (χ0v) is 9.04. The molecule has 0 bridgehead atoms. The topological polar surface area (TPSA) is 38.7 Å². The predicted molar refractivity (Wildman–Crippen MR) is 57.3 cm³/mol. The van der Waals surface area contributed by atoms with Crippen molar-refractivity contribution in [1.29, 1.82) is 0 Å². The quantitative estimate of drug-likeness (QED) is 0.547. The molecule has 1 unspecified atom stereocenters. The second-order valence-corrected chi connectivity index (χ2v) is 5.70. The van der Waals surface area contributed by atoms with Gasteiger partial charge in [-0.15, -0.1) is 0 Å². The van der Waals surface area contributed by atoms with Gasteiger partial charge in [0.15, 0.2) is 0 Å². The summed E-state index contributed by atoms with van der Waals surface area (Å²) in [7, 11) is -0.484. The molecule has 0 aromatic heterocycles. The van der Waals surface area contributed by atoms with Crippen molar-refractivity contribution in [2.24, 2.45) is 4.99 Å². The molecule has 74 valence electrons. The Bertz CT molecular complexity index is 241. The zero-order valence-electron chi connectivity index (χ0n) is 8.15. The Morgan fingerprint density at radius 2 is 2.23 bits per heavy atom. The molecule has 1 heterocycles. The van der Waals surface area contributed by atoms with E-state index in [1.807, 2.05) is 31.7 Å². The van der Waals surface area contributed by atoms with Crippen LogP contribution in [-0.2, 0) is 9.53 Å². The molecule has 0 N–H and O–H groups in total. The minimum Gasteiger partial charge on any atom is -0.459 e. The van der Waals surface area contributed by atoms with Crippen molar-refractivity contribution in [1.82, 2.24) is 0 Å². The molecule has 13 heavy (non-hydrogen) atoms. The number of aliphatic imine (C=N–C) groups is 1. The standard InChI is InChI=1S/C9H15NO2S/c1-9(2,3)12-8(11)6-13-5-4-10-7-13/h4-5,7,13H,6H2,1-3H3. The summed E-state index contributed by atoms with van der Waals surface area (Å²) in [5.41, 5.74) is 1.44. The van der Waals surface area contributed by atoms with Crippen molar-refractivity contribution in [2.45, 2.75) is 26.4 Å². The van der Waals surface area contributed by atoms with Gasteiger partial charge in [0.2, 0.25) is 0 Å². The summed E-state index contributed by atoms with van der Waals surface area (Å²) in [5, 5.41) is 1.96. The number of nitrogens with zero attached hydrogens (tertiary/aromatic N) is 1. The van der Waals surface area contributed by atoms with E-state index in [9.17, 15) is 4.79 Å². The number of ether oxygens (including phenoxy) is 1. The molecule has 3 nitrogen and oxygen atoms in total. The number of thiol groups is 1. The summed E-state index contributed by atoms with van der Waals surface area (Å²) in [6.07, 6.45) is 1.73. The number of esters is 1. The normalized spacial score (nSPS) is 23.5. The molecular formula is C9H15NO2S. The molecule has 0 fully saturated rings. The first-order valence-electron chi connectivity index (χ1n) is 4.15. The first-order chi connectivity index (χ1) is 5.97. The highest BCUT2D eigenvalue weighted by Gasteiger charge is 2.17. The molecule has 0 saturated heterocycles. The lowest BCUT2D eigenvalue weighted by Crippen LogP contribution is -2.25. The van der Waals surface area contributed by atoms with Crippen LogP contribution in [0.25, 0.3) is 0 Å². The highest BCUT2D eigenvalue weighted by atomic mass is 32.2. The van der Waals surface area contributed by atoms with E-state index in [1.165, 1.54) is 0 Å². The molecule has 0 spiro atoms. The van der Waals surface area contributed by atoms with Crippen LogP contribution in [0.15, 0.2) is 16.6 Å². The van der Waals surface area contributed by atoms with Gasteiger partial charge < -0.3 is 4.74 Å². The molecule has 4 heteroatoms. The average molecular weight is 201 g/mol. The van der Waals surface area contributed by atoms with Crippen molar-refractivity contribution in [3.8, 4) is 0 Å². The summed E-state index contributed by atoms with van der Waals surface area (Å²) >= 11 is 0. The van der Waals surface area contributed by atoms with Gasteiger partial charge in [0, 0.05) is 11.7 Å². The second kappa shape index (κ2) is 3.96. The van der Waals surface area contributed by atoms with Gasteiger partial charge in [-0.1, -0.05) is 0 Å². The van der Waals surface area contributed by atoms with Gasteiger partial charge in [0.25, 0.3) is 0 Å². The Balaban J connectivity index is 2.33. The number of hydrogen-bond donors (Lipinski definition) is 1. The van der Waals surface area contributed by atoms with Gasteiger partial charge in [-0.05, 0) is 26.2 Å². The van der Waals surface area contributed by atoms with Crippen molar-refractivity contribution < 1.29 is 9.53 Å². The largest absolute Gasteiger partial charge is 0.459 e. The molecule has 1 aliphatic rings. The number of carbonyl (C=O) groups excluding carboxylic acids is 1. The van der Waals surface area contributed by atoms with Crippen LogP contribution in [0.4, 0.5) is 0 Å². The number of carbonyl (C=O) groups is 1. The van der Waals surface area contributed by atoms with Gasteiger partial charge in [-0.2, -0.15) is 10.9 Å². The lowest BCUT2D eigenvalue weighted by atomic mass is 10.2. The highest BCUT2D eigenvalue weighted by Crippen LogP contribution is 2.27. The Morgan fingerprint density at radius 1 is 1.54 bits per heavy atom. The SMILES string of the molecule is CC(C)(C)OC(=O)C[SH]1C=CN=C1. The maximum absolute atomic E-state index is 11.3. The van der Waals surface area contributed by atoms with E-state index in [-0.39, 0.29) is 11.6 Å². The van der Waals surface area contributed by atoms with E-state index in [2.05, 4.69) is 4.99 Å². The first kappa shape index (κ1) is 10.3. The molecule has 1 atom stereocenters. The van der Waals surface area contributed by atoms with Crippen LogP contribution in [0.2, 0.25) is 0 Å². The van der Waals surface area contributed by atoms with E-state index in [0.29, 0.717) is 5.75 Å². The summed E-state index contributed by atoms with van der Waals surface area (Å²) in [5.74, 6) is 0.309. The molecule has 0 aromatic rings. The van der Waals surface area contributed by atoms with E-state index in [1.54, 1.807) is 6.20 Å². The fourth-order valence-corrected chi connectivity index (χ4v) is 2.03. The van der Waals surface area contributed by atoms with Gasteiger partial charge in [-0.25, -0.2) is 0 Å². The van der Waals surface area contributed by atoms with Crippen molar-refractivity contribution in [3.05, 3.63) is 11.6 Å². The number of hydrogen-bond acceptors (Lipinski definition) is 3. The third-order valence-corrected chi connectivity index (χ3v) is 2.86. The van der Waals surface area contributed by atoms with Crippen LogP contribution in [0.1, 0.15) is 20.8 Å². The van der Waals surface area contributed by atoms with E-state index in [0.717, 1.165) is 0 Å². The maximum Gasteiger partial charge on any atom is 0.315 e. The minimum atomic E-state index is -0.484. The lowest BCUT2D eigenvalue weighted by molar-refractivity contribution is -0.151. The molecule has 0 saturated carbocycles. The summed E-state index contributed by atoms with van der Waals surface area (Å²) in [4.78, 5) is 15.2. The van der Waals surface area contributed by atoms with Gasteiger partial charge in [0.05, 0.1) is 5.75 Å². The van der Waals surface area contributed by atoms with Crippen LogP contribution >= 0.6 is 10.9 Å². The van der Waals surface area contributed by atoms with E-state index in [4.69, 9.17) is 4.74 Å². The Labute approximate surface area is 81.2 Å². The van der Waals surface area contributed by atoms with Gasteiger partial charge in [-0.3, -0.25) is 9.79 Å². The Morgan fingerprint density at radius 3 is 2.69 bits per heavy atom. The van der Waals surface area contributed by atoms with Crippen LogP contribution in [0, 0.1) is 0 Å². The molecule has 1 rings (SSSR count). The molecule has 0 aromatic carbocycles. The highest BCUT2D eigenvalue weighted by molar-refractivity contribution is 8.31. The second-order valence-electron chi connectivity index (χ2n) is 3.82. The predicted octanol–water partition coefficient (Wildman–Crippen LogP) is 1.84. The monoisotopic (exact) mass is 201 g/mol. The van der Waals surface area contributed by atoms with Crippen LogP contribution < -0.4 is 0 Å². The van der Waals surface area contributed by atoms with Crippen LogP contribution in [0.3, 0.4) is 0 Å².